The molecule has 0 aromatic rings. The molecule has 1 fully saturated rings. The Bertz CT molecular complexity index is 584. The van der Waals surface area contributed by atoms with E-state index in [1.54, 1.807) is 12.2 Å². The molecule has 0 aliphatic heterocycles. The van der Waals surface area contributed by atoms with Crippen molar-refractivity contribution >= 4 is 11.8 Å². The van der Waals surface area contributed by atoms with E-state index in [1.807, 2.05) is 25.3 Å². The van der Waals surface area contributed by atoms with E-state index in [9.17, 15) is 9.59 Å². The lowest BCUT2D eigenvalue weighted by molar-refractivity contribution is -0.138. The van der Waals surface area contributed by atoms with Crippen LogP contribution in [0.1, 0.15) is 45.4 Å². The molecule has 3 atom stereocenters. The number of nitrogens with zero attached hydrogens (tertiary/aromatic N) is 2. The molecule has 2 amide bonds. The average Bonchev–Trinajstić information content (AvgIpc) is 2.59. The number of primary amides is 1. The Morgan fingerprint density at radius 2 is 2.00 bits per heavy atom. The highest BCUT2D eigenvalue weighted by molar-refractivity contribution is 5.85. The molecule has 0 saturated heterocycles. The lowest BCUT2D eigenvalue weighted by Gasteiger charge is -2.42. The van der Waals surface area contributed by atoms with Crippen LogP contribution in [0.25, 0.3) is 0 Å². The highest BCUT2D eigenvalue weighted by Crippen LogP contribution is 2.45. The van der Waals surface area contributed by atoms with Gasteiger partial charge < -0.3 is 5.73 Å². The topological polar surface area (TPSA) is 87.2 Å². The van der Waals surface area contributed by atoms with Crippen LogP contribution in [-0.4, -0.2) is 23.8 Å². The predicted octanol–water partition coefficient (Wildman–Crippen LogP) is 2.75. The van der Waals surface area contributed by atoms with E-state index in [0.717, 1.165) is 17.7 Å². The van der Waals surface area contributed by atoms with Crippen LogP contribution in [0.15, 0.2) is 24.3 Å². The summed E-state index contributed by atoms with van der Waals surface area (Å²) in [5.41, 5.74) is 4.91. The van der Waals surface area contributed by atoms with Crippen LogP contribution < -0.4 is 5.73 Å². The molecular weight excluding hydrogens is 302 g/mol. The van der Waals surface area contributed by atoms with Crippen molar-refractivity contribution in [3.05, 3.63) is 24.3 Å². The number of carbonyl (C=O) groups excluding carboxylic acids is 2. The fraction of sp³-hybridized carbons (Fsp3) is 0.632. The molecule has 0 aromatic heterocycles. The maximum absolute atomic E-state index is 12.9. The van der Waals surface area contributed by atoms with Gasteiger partial charge in [0, 0.05) is 18.4 Å². The fourth-order valence-electron chi connectivity index (χ4n) is 4.14. The zero-order valence-electron chi connectivity index (χ0n) is 14.6. The summed E-state index contributed by atoms with van der Waals surface area (Å²) >= 11 is 0. The standard InChI is InChI=1S/C19H27N3O2/c1-19(11-7-6-10-15(19)17(21)23)16(18(24)22(2)13-20)12-14-8-4-3-5-9-14/h6-7,10-11,14-16H,3-5,8-9,12H2,1-2H3,(H2,21,23)/t15?,16-,19?/m1/s1. The average molecular weight is 329 g/mol. The molecule has 130 valence electrons. The first-order chi connectivity index (χ1) is 11.4. The third-order valence-corrected chi connectivity index (χ3v) is 5.67. The highest BCUT2D eigenvalue weighted by atomic mass is 16.2. The van der Waals surface area contributed by atoms with E-state index in [2.05, 4.69) is 0 Å². The number of amides is 2. The highest BCUT2D eigenvalue weighted by Gasteiger charge is 2.47. The summed E-state index contributed by atoms with van der Waals surface area (Å²) in [6.45, 7) is 1.92. The molecule has 0 radical (unpaired) electrons. The molecule has 1 saturated carbocycles. The van der Waals surface area contributed by atoms with Gasteiger partial charge in [0.15, 0.2) is 6.19 Å². The van der Waals surface area contributed by atoms with Gasteiger partial charge in [0.2, 0.25) is 11.8 Å². The van der Waals surface area contributed by atoms with Crippen LogP contribution in [0.3, 0.4) is 0 Å². The molecule has 2 aliphatic carbocycles. The normalized spacial score (nSPS) is 28.1. The number of allylic oxidation sites excluding steroid dienone is 3. The third-order valence-electron chi connectivity index (χ3n) is 5.67. The van der Waals surface area contributed by atoms with Gasteiger partial charge >= 0.3 is 0 Å². The van der Waals surface area contributed by atoms with Crippen LogP contribution in [0.2, 0.25) is 0 Å². The van der Waals surface area contributed by atoms with Crippen molar-refractivity contribution in [2.75, 3.05) is 7.05 Å². The van der Waals surface area contributed by atoms with Gasteiger partial charge in [-0.15, -0.1) is 0 Å². The van der Waals surface area contributed by atoms with Gasteiger partial charge in [-0.2, -0.15) is 5.26 Å². The van der Waals surface area contributed by atoms with Crippen molar-refractivity contribution in [3.63, 3.8) is 0 Å². The van der Waals surface area contributed by atoms with Gasteiger partial charge in [-0.3, -0.25) is 14.5 Å². The second-order valence-electron chi connectivity index (χ2n) is 7.28. The molecule has 2 N–H and O–H groups in total. The van der Waals surface area contributed by atoms with Crippen LogP contribution in [0.4, 0.5) is 0 Å². The van der Waals surface area contributed by atoms with Crippen LogP contribution in [0, 0.1) is 34.6 Å². The minimum absolute atomic E-state index is 0.225. The van der Waals surface area contributed by atoms with E-state index in [0.29, 0.717) is 12.3 Å². The number of nitrogens with two attached hydrogens (primary N) is 1. The fourth-order valence-corrected chi connectivity index (χ4v) is 4.14. The Morgan fingerprint density at radius 3 is 2.58 bits per heavy atom. The molecular formula is C19H27N3O2. The smallest absolute Gasteiger partial charge is 0.239 e. The van der Waals surface area contributed by atoms with E-state index in [4.69, 9.17) is 11.0 Å². The Kier molecular flexibility index (Phi) is 5.82. The predicted molar refractivity (Wildman–Crippen MR) is 92.1 cm³/mol. The zero-order chi connectivity index (χ0) is 17.7. The summed E-state index contributed by atoms with van der Waals surface area (Å²) in [5, 5.41) is 9.15. The second-order valence-corrected chi connectivity index (χ2v) is 7.28. The molecule has 0 spiro atoms. The van der Waals surface area contributed by atoms with E-state index >= 15 is 0 Å². The van der Waals surface area contributed by atoms with Crippen molar-refractivity contribution in [1.29, 1.82) is 5.26 Å². The summed E-state index contributed by atoms with van der Waals surface area (Å²) in [6.07, 6.45) is 15.8. The van der Waals surface area contributed by atoms with Gasteiger partial charge in [0.1, 0.15) is 0 Å². The van der Waals surface area contributed by atoms with Gasteiger partial charge in [0.05, 0.1) is 5.92 Å². The quantitative estimate of drug-likeness (QED) is 0.621. The summed E-state index contributed by atoms with van der Waals surface area (Å²) < 4.78 is 0. The number of hydrogen-bond donors (Lipinski definition) is 1. The first-order valence-corrected chi connectivity index (χ1v) is 8.72. The van der Waals surface area contributed by atoms with Crippen LogP contribution in [0.5, 0.6) is 0 Å². The number of nitriles is 1. The van der Waals surface area contributed by atoms with Crippen LogP contribution in [-0.2, 0) is 9.59 Å². The monoisotopic (exact) mass is 329 g/mol. The summed E-state index contributed by atoms with van der Waals surface area (Å²) in [7, 11) is 1.49. The Morgan fingerprint density at radius 1 is 1.33 bits per heavy atom. The van der Waals surface area contributed by atoms with Gasteiger partial charge in [-0.25, -0.2) is 0 Å². The first kappa shape index (κ1) is 18.3. The Hall–Kier alpha value is -2.09. The maximum atomic E-state index is 12.9. The Labute approximate surface area is 144 Å². The molecule has 0 heterocycles. The maximum Gasteiger partial charge on any atom is 0.239 e. The van der Waals surface area contributed by atoms with Crippen molar-refractivity contribution < 1.29 is 9.59 Å². The molecule has 0 aromatic carbocycles. The van der Waals surface area contributed by atoms with E-state index in [1.165, 1.54) is 26.3 Å². The summed E-state index contributed by atoms with van der Waals surface area (Å²) in [5.74, 6) is -1.16. The van der Waals surface area contributed by atoms with Crippen molar-refractivity contribution in [3.8, 4) is 6.19 Å². The third kappa shape index (κ3) is 3.69. The van der Waals surface area contributed by atoms with Crippen molar-refractivity contribution in [1.82, 2.24) is 4.90 Å². The minimum atomic E-state index is -0.694. The summed E-state index contributed by atoms with van der Waals surface area (Å²) in [6, 6.07) is 0. The zero-order valence-corrected chi connectivity index (χ0v) is 14.6. The number of carbonyl (C=O) groups is 2. The number of rotatable bonds is 5. The lowest BCUT2D eigenvalue weighted by Crippen LogP contribution is -2.47. The molecule has 5 nitrogen and oxygen atoms in total. The van der Waals surface area contributed by atoms with Crippen molar-refractivity contribution in [2.24, 2.45) is 28.9 Å². The second kappa shape index (κ2) is 7.65. The number of hydrogen-bond acceptors (Lipinski definition) is 3. The van der Waals surface area contributed by atoms with Gasteiger partial charge in [0.25, 0.3) is 0 Å². The first-order valence-electron chi connectivity index (χ1n) is 8.72. The van der Waals surface area contributed by atoms with Crippen LogP contribution >= 0.6 is 0 Å². The molecule has 2 rings (SSSR count). The van der Waals surface area contributed by atoms with Crippen molar-refractivity contribution in [2.45, 2.75) is 45.4 Å². The molecule has 24 heavy (non-hydrogen) atoms. The molecule has 2 aliphatic rings. The molecule has 2 unspecified atom stereocenters. The largest absolute Gasteiger partial charge is 0.369 e. The minimum Gasteiger partial charge on any atom is -0.369 e. The summed E-state index contributed by atoms with van der Waals surface area (Å²) in [4.78, 5) is 26.0. The molecule has 0 bridgehead atoms. The lowest BCUT2D eigenvalue weighted by atomic mass is 9.62. The van der Waals surface area contributed by atoms with Gasteiger partial charge in [-0.1, -0.05) is 63.3 Å². The van der Waals surface area contributed by atoms with E-state index < -0.39 is 23.2 Å². The Balaban J connectivity index is 2.34. The van der Waals surface area contributed by atoms with Gasteiger partial charge in [-0.05, 0) is 12.3 Å². The van der Waals surface area contributed by atoms with E-state index in [-0.39, 0.29) is 5.91 Å². The molecule has 5 heteroatoms. The SMILES string of the molecule is CN(C#N)C(=O)[C@@H](CC1CCCCC1)C1(C)C=CC=CC1C(N)=O.